The van der Waals surface area contributed by atoms with Crippen LogP contribution in [0.15, 0.2) is 89.8 Å². The van der Waals surface area contributed by atoms with E-state index in [9.17, 15) is 14.4 Å². The Morgan fingerprint density at radius 3 is 2.49 bits per heavy atom. The minimum Gasteiger partial charge on any atom is -0.493 e. The highest BCUT2D eigenvalue weighted by Gasteiger charge is 2.34. The van der Waals surface area contributed by atoms with Crippen molar-refractivity contribution in [3.63, 3.8) is 0 Å². The predicted octanol–water partition coefficient (Wildman–Crippen LogP) is 6.49. The molecule has 0 aromatic heterocycles. The molecular formula is C31H25NO6S. The third-order valence-corrected chi connectivity index (χ3v) is 7.08. The molecule has 4 aromatic rings. The Morgan fingerprint density at radius 1 is 0.923 bits per heavy atom. The summed E-state index contributed by atoms with van der Waals surface area (Å²) in [5.74, 6) is 0.308. The molecule has 1 heterocycles. The smallest absolute Gasteiger partial charge is 0.344 e. The number of nitrogens with zero attached hydrogens (tertiary/aromatic N) is 1. The monoisotopic (exact) mass is 539 g/mol. The molecule has 0 aliphatic carbocycles. The van der Waals surface area contributed by atoms with E-state index >= 15 is 0 Å². The second kappa shape index (κ2) is 11.4. The SMILES string of the molecule is COc1ccc(/C=C2\SC(=O)N(CCOc3ccc(C)cc3)C2=O)cc1OC(=O)c1cccc2ccccc12. The summed E-state index contributed by atoms with van der Waals surface area (Å²) in [6.07, 6.45) is 1.60. The summed E-state index contributed by atoms with van der Waals surface area (Å²) in [6.45, 7) is 2.30. The number of methoxy groups -OCH3 is 1. The molecule has 2 amide bonds. The Hall–Kier alpha value is -4.56. The number of benzene rings is 4. The van der Waals surface area contributed by atoms with Crippen LogP contribution in [0.3, 0.4) is 0 Å². The molecule has 196 valence electrons. The van der Waals surface area contributed by atoms with E-state index in [2.05, 4.69) is 0 Å². The van der Waals surface area contributed by atoms with Gasteiger partial charge in [-0.05, 0) is 71.4 Å². The van der Waals surface area contributed by atoms with E-state index in [0.717, 1.165) is 33.0 Å². The van der Waals surface area contributed by atoms with Crippen molar-refractivity contribution < 1.29 is 28.6 Å². The molecule has 0 atom stereocenters. The Balaban J connectivity index is 1.31. The van der Waals surface area contributed by atoms with Crippen LogP contribution < -0.4 is 14.2 Å². The number of rotatable bonds is 8. The lowest BCUT2D eigenvalue weighted by atomic mass is 10.0. The largest absolute Gasteiger partial charge is 0.493 e. The van der Waals surface area contributed by atoms with Gasteiger partial charge in [0.2, 0.25) is 0 Å². The summed E-state index contributed by atoms with van der Waals surface area (Å²) in [5, 5.41) is 1.34. The van der Waals surface area contributed by atoms with Gasteiger partial charge in [0.25, 0.3) is 11.1 Å². The van der Waals surface area contributed by atoms with Crippen molar-refractivity contribution in [2.45, 2.75) is 6.92 Å². The minimum absolute atomic E-state index is 0.131. The Bertz CT molecular complexity index is 1590. The van der Waals surface area contributed by atoms with Crippen LogP contribution in [0.5, 0.6) is 17.2 Å². The summed E-state index contributed by atoms with van der Waals surface area (Å²) in [6, 6.07) is 25.5. The van der Waals surface area contributed by atoms with Gasteiger partial charge in [0.15, 0.2) is 11.5 Å². The molecule has 0 spiro atoms. The number of amides is 2. The van der Waals surface area contributed by atoms with Crippen LogP contribution in [0, 0.1) is 6.92 Å². The molecule has 8 heteroatoms. The number of thioether (sulfide) groups is 1. The van der Waals surface area contributed by atoms with Crippen LogP contribution in [-0.4, -0.2) is 42.3 Å². The number of esters is 1. The maximum Gasteiger partial charge on any atom is 0.344 e. The van der Waals surface area contributed by atoms with Crippen molar-refractivity contribution >= 4 is 45.7 Å². The Morgan fingerprint density at radius 2 is 1.69 bits per heavy atom. The minimum atomic E-state index is -0.531. The molecule has 1 aliphatic heterocycles. The van der Waals surface area contributed by atoms with Crippen molar-refractivity contribution in [1.82, 2.24) is 4.90 Å². The molecule has 0 N–H and O–H groups in total. The van der Waals surface area contributed by atoms with Gasteiger partial charge in [-0.3, -0.25) is 14.5 Å². The van der Waals surface area contributed by atoms with Crippen LogP contribution in [0.2, 0.25) is 0 Å². The molecule has 0 bridgehead atoms. The first kappa shape index (κ1) is 26.1. The lowest BCUT2D eigenvalue weighted by Crippen LogP contribution is -2.32. The van der Waals surface area contributed by atoms with E-state index in [1.165, 1.54) is 7.11 Å². The quantitative estimate of drug-likeness (QED) is 0.144. The van der Waals surface area contributed by atoms with Crippen molar-refractivity contribution in [2.75, 3.05) is 20.3 Å². The van der Waals surface area contributed by atoms with Crippen molar-refractivity contribution in [3.8, 4) is 17.2 Å². The van der Waals surface area contributed by atoms with Gasteiger partial charge in [0, 0.05) is 0 Å². The van der Waals surface area contributed by atoms with Crippen LogP contribution in [0.25, 0.3) is 16.8 Å². The number of fused-ring (bicyclic) bond motifs is 1. The van der Waals surface area contributed by atoms with Gasteiger partial charge in [-0.2, -0.15) is 0 Å². The lowest BCUT2D eigenvalue weighted by Gasteiger charge is -2.13. The molecule has 1 saturated heterocycles. The number of ether oxygens (including phenoxy) is 3. The van der Waals surface area contributed by atoms with Crippen LogP contribution in [0.1, 0.15) is 21.5 Å². The lowest BCUT2D eigenvalue weighted by molar-refractivity contribution is -0.123. The van der Waals surface area contributed by atoms with Crippen molar-refractivity contribution in [1.29, 1.82) is 0 Å². The van der Waals surface area contributed by atoms with Gasteiger partial charge in [-0.25, -0.2) is 4.79 Å². The third-order valence-electron chi connectivity index (χ3n) is 6.18. The summed E-state index contributed by atoms with van der Waals surface area (Å²) in [4.78, 5) is 40.0. The first-order valence-corrected chi connectivity index (χ1v) is 13.1. The summed E-state index contributed by atoms with van der Waals surface area (Å²) >= 11 is 0.857. The zero-order valence-electron chi connectivity index (χ0n) is 21.4. The maximum atomic E-state index is 13.1. The van der Waals surface area contributed by atoms with Gasteiger partial charge in [0.05, 0.1) is 24.1 Å². The normalized spacial score (nSPS) is 14.2. The first-order valence-electron chi connectivity index (χ1n) is 12.3. The fourth-order valence-electron chi connectivity index (χ4n) is 4.15. The highest BCUT2D eigenvalue weighted by molar-refractivity contribution is 8.18. The number of hydrogen-bond acceptors (Lipinski definition) is 7. The van der Waals surface area contributed by atoms with Crippen LogP contribution >= 0.6 is 11.8 Å². The molecule has 0 saturated carbocycles. The van der Waals surface area contributed by atoms with Crippen molar-refractivity contribution in [3.05, 3.63) is 107 Å². The number of hydrogen-bond donors (Lipinski definition) is 0. The van der Waals surface area contributed by atoms with Gasteiger partial charge in [0.1, 0.15) is 12.4 Å². The first-order chi connectivity index (χ1) is 18.9. The molecule has 0 radical (unpaired) electrons. The highest BCUT2D eigenvalue weighted by atomic mass is 32.2. The highest BCUT2D eigenvalue weighted by Crippen LogP contribution is 2.35. The fourth-order valence-corrected chi connectivity index (χ4v) is 5.02. The topological polar surface area (TPSA) is 82.1 Å². The second-order valence-electron chi connectivity index (χ2n) is 8.82. The van der Waals surface area contributed by atoms with E-state index in [-0.39, 0.29) is 29.0 Å². The van der Waals surface area contributed by atoms with E-state index in [4.69, 9.17) is 14.2 Å². The molecule has 39 heavy (non-hydrogen) atoms. The van der Waals surface area contributed by atoms with Gasteiger partial charge >= 0.3 is 5.97 Å². The molecule has 1 aliphatic rings. The Labute approximate surface area is 230 Å². The molecule has 5 rings (SSSR count). The van der Waals surface area contributed by atoms with E-state index in [0.29, 0.717) is 22.6 Å². The zero-order chi connectivity index (χ0) is 27.4. The number of carbonyl (C=O) groups excluding carboxylic acids is 3. The number of aryl methyl sites for hydroxylation is 1. The van der Waals surface area contributed by atoms with E-state index in [1.807, 2.05) is 61.5 Å². The average molecular weight is 540 g/mol. The molecule has 1 fully saturated rings. The molecule has 7 nitrogen and oxygen atoms in total. The molecular weight excluding hydrogens is 514 g/mol. The molecule has 0 unspecified atom stereocenters. The maximum absolute atomic E-state index is 13.1. The van der Waals surface area contributed by atoms with Gasteiger partial charge in [-0.15, -0.1) is 0 Å². The summed E-state index contributed by atoms with van der Waals surface area (Å²) < 4.78 is 16.8. The summed E-state index contributed by atoms with van der Waals surface area (Å²) in [5.41, 5.74) is 2.12. The average Bonchev–Trinajstić information content (AvgIpc) is 3.21. The summed E-state index contributed by atoms with van der Waals surface area (Å²) in [7, 11) is 1.48. The zero-order valence-corrected chi connectivity index (χ0v) is 22.2. The standard InChI is InChI=1S/C31H25NO6S/c1-20-10-13-23(14-11-20)37-17-16-32-29(33)28(39-31(32)35)19-21-12-15-26(36-2)27(18-21)38-30(34)25-9-5-7-22-6-3-4-8-24(22)25/h3-15,18-19H,16-17H2,1-2H3/b28-19-. The second-order valence-corrected chi connectivity index (χ2v) is 9.81. The molecule has 4 aromatic carbocycles. The number of imide groups is 1. The van der Waals surface area contributed by atoms with Crippen LogP contribution in [-0.2, 0) is 4.79 Å². The van der Waals surface area contributed by atoms with Gasteiger partial charge < -0.3 is 14.2 Å². The van der Waals surface area contributed by atoms with Crippen LogP contribution in [0.4, 0.5) is 4.79 Å². The van der Waals surface area contributed by atoms with Gasteiger partial charge in [-0.1, -0.05) is 60.2 Å². The van der Waals surface area contributed by atoms with E-state index < -0.39 is 11.9 Å². The van der Waals surface area contributed by atoms with Crippen molar-refractivity contribution in [2.24, 2.45) is 0 Å². The Kier molecular flexibility index (Phi) is 7.65. The third kappa shape index (κ3) is 5.81. The fraction of sp³-hybridized carbons (Fsp3) is 0.129. The number of carbonyl (C=O) groups is 3. The van der Waals surface area contributed by atoms with E-state index in [1.54, 1.807) is 36.4 Å². The predicted molar refractivity (Wildman–Crippen MR) is 151 cm³/mol.